The lowest BCUT2D eigenvalue weighted by molar-refractivity contribution is 0.568. The number of fused-ring (bicyclic) bond motifs is 3. The molecule has 12 aromatic carbocycles. The summed E-state index contributed by atoms with van der Waals surface area (Å²) in [5.41, 5.74) is 27.1. The summed E-state index contributed by atoms with van der Waals surface area (Å²) in [7, 11) is 0. The predicted octanol–water partition coefficient (Wildman–Crippen LogP) is 26.2. The van der Waals surface area contributed by atoms with E-state index in [-0.39, 0.29) is 32.5 Å². The first-order chi connectivity index (χ1) is 43.2. The zero-order valence-corrected chi connectivity index (χ0v) is 58.5. The number of rotatable bonds is 8. The van der Waals surface area contributed by atoms with Gasteiger partial charge in [-0.05, 0) is 224 Å². The maximum absolute atomic E-state index is 2.57. The Balaban J connectivity index is 1.09. The molecule has 0 aliphatic rings. The number of hydrogen-bond donors (Lipinski definition) is 0. The van der Waals surface area contributed by atoms with Crippen molar-refractivity contribution in [3.05, 3.63) is 251 Å². The second-order valence-corrected chi connectivity index (χ2v) is 33.0. The van der Waals surface area contributed by atoms with Crippen LogP contribution in [-0.4, -0.2) is 4.57 Å². The molecular weight excluding hydrogens is 1110 g/mol. The summed E-state index contributed by atoms with van der Waals surface area (Å²) in [6.45, 7) is 46.7. The summed E-state index contributed by atoms with van der Waals surface area (Å²) in [5, 5.41) is 10.0. The van der Waals surface area contributed by atoms with Gasteiger partial charge in [-0.25, -0.2) is 0 Å². The van der Waals surface area contributed by atoms with Gasteiger partial charge in [0.15, 0.2) is 0 Å². The van der Waals surface area contributed by atoms with Crippen molar-refractivity contribution in [1.29, 1.82) is 0 Å². The van der Waals surface area contributed by atoms with E-state index in [1.54, 1.807) is 0 Å². The Labute approximate surface area is 549 Å². The molecule has 92 heavy (non-hydrogen) atoms. The van der Waals surface area contributed by atoms with Gasteiger partial charge in [-0.15, -0.1) is 0 Å². The molecule has 0 fully saturated rings. The molecular formula is C90H94N2. The standard InChI is InChI=1S/C90H94N2/c1-55-42-61(57-24-22-21-23-25-57)43-56(2)82(55)58-26-34-72(35-27-58)91(73-49-62(64-45-68(87(9,10)11)51-69(46-64)88(12,13)14)44-63(50-73)65-47-70(89(15,16)17)52-71(48-65)90(18,19)20)78-38-30-59-29-37-75-79(39-31-60-28-36-74(78)83(59)84(60)75)92-80-40-32-66(85(3,4)5)53-76(80)77-54-67(86(6,7)8)33-41-81(77)92/h21-54H,1-20H3. The Morgan fingerprint density at radius 2 is 0.674 bits per heavy atom. The van der Waals surface area contributed by atoms with Crippen LogP contribution in [0.3, 0.4) is 0 Å². The zero-order valence-electron chi connectivity index (χ0n) is 58.5. The van der Waals surface area contributed by atoms with E-state index >= 15 is 0 Å². The summed E-state index contributed by atoms with van der Waals surface area (Å²) < 4.78 is 2.55. The molecule has 0 aliphatic carbocycles. The molecule has 0 aliphatic heterocycles. The minimum Gasteiger partial charge on any atom is -0.310 e. The topological polar surface area (TPSA) is 8.17 Å². The number of benzene rings is 12. The summed E-state index contributed by atoms with van der Waals surface area (Å²) in [4.78, 5) is 2.57. The lowest BCUT2D eigenvalue weighted by Gasteiger charge is -2.30. The number of hydrogen-bond acceptors (Lipinski definition) is 1. The van der Waals surface area contributed by atoms with Gasteiger partial charge in [0.1, 0.15) is 0 Å². The third kappa shape index (κ3) is 11.3. The third-order valence-corrected chi connectivity index (χ3v) is 19.8. The second kappa shape index (κ2) is 22.0. The fourth-order valence-electron chi connectivity index (χ4n) is 14.2. The fraction of sp³-hybridized carbons (Fsp3) is 0.289. The van der Waals surface area contributed by atoms with Gasteiger partial charge in [-0.2, -0.15) is 0 Å². The van der Waals surface area contributed by atoms with Gasteiger partial charge >= 0.3 is 0 Å². The number of anilines is 3. The lowest BCUT2D eigenvalue weighted by Crippen LogP contribution is -2.17. The molecule has 0 radical (unpaired) electrons. The molecule has 13 rings (SSSR count). The van der Waals surface area contributed by atoms with Crippen LogP contribution in [0.1, 0.15) is 169 Å². The number of nitrogens with zero attached hydrogens (tertiary/aromatic N) is 2. The van der Waals surface area contributed by atoms with Crippen LogP contribution in [0.15, 0.2) is 206 Å². The van der Waals surface area contributed by atoms with Gasteiger partial charge in [0.05, 0.1) is 22.4 Å². The third-order valence-electron chi connectivity index (χ3n) is 19.8. The van der Waals surface area contributed by atoms with Crippen molar-refractivity contribution in [2.45, 2.75) is 171 Å². The van der Waals surface area contributed by atoms with Crippen LogP contribution in [0, 0.1) is 13.8 Å². The van der Waals surface area contributed by atoms with E-state index in [0.717, 1.165) is 17.1 Å². The molecule has 2 nitrogen and oxygen atoms in total. The van der Waals surface area contributed by atoms with E-state index in [1.165, 1.54) is 149 Å². The van der Waals surface area contributed by atoms with Crippen LogP contribution in [0.5, 0.6) is 0 Å². The highest BCUT2D eigenvalue weighted by atomic mass is 15.1. The van der Waals surface area contributed by atoms with Crippen LogP contribution in [0.4, 0.5) is 17.1 Å². The first-order valence-corrected chi connectivity index (χ1v) is 33.5. The van der Waals surface area contributed by atoms with Crippen LogP contribution in [0.2, 0.25) is 0 Å². The summed E-state index contributed by atoms with van der Waals surface area (Å²) in [6, 6.07) is 80.6. The van der Waals surface area contributed by atoms with Gasteiger partial charge in [0.2, 0.25) is 0 Å². The first-order valence-electron chi connectivity index (χ1n) is 33.5. The molecule has 0 unspecified atom stereocenters. The average molecular weight is 1200 g/mol. The molecule has 13 aromatic rings. The summed E-state index contributed by atoms with van der Waals surface area (Å²) in [5.74, 6) is 0. The number of aromatic nitrogens is 1. The first kappa shape index (κ1) is 62.1. The molecule has 0 N–H and O–H groups in total. The van der Waals surface area contributed by atoms with Crippen molar-refractivity contribution >= 4 is 71.2 Å². The molecule has 2 heteroatoms. The van der Waals surface area contributed by atoms with Crippen LogP contribution in [-0.2, 0) is 32.5 Å². The minimum atomic E-state index is -0.0693. The van der Waals surface area contributed by atoms with E-state index in [4.69, 9.17) is 0 Å². The Kier molecular flexibility index (Phi) is 14.8. The Morgan fingerprint density at radius 3 is 1.13 bits per heavy atom. The van der Waals surface area contributed by atoms with E-state index < -0.39 is 0 Å². The van der Waals surface area contributed by atoms with Gasteiger partial charge < -0.3 is 9.47 Å². The Morgan fingerprint density at radius 1 is 0.272 bits per heavy atom. The minimum absolute atomic E-state index is 0.00118. The highest BCUT2D eigenvalue weighted by molar-refractivity contribution is 6.27. The smallest absolute Gasteiger partial charge is 0.0541 e. The molecule has 464 valence electrons. The predicted molar refractivity (Wildman–Crippen MR) is 403 cm³/mol. The van der Waals surface area contributed by atoms with E-state index in [1.807, 2.05) is 0 Å². The van der Waals surface area contributed by atoms with Gasteiger partial charge in [0, 0.05) is 32.9 Å². The maximum Gasteiger partial charge on any atom is 0.0541 e. The van der Waals surface area contributed by atoms with Gasteiger partial charge in [0.25, 0.3) is 0 Å². The molecule has 0 saturated carbocycles. The van der Waals surface area contributed by atoms with Crippen LogP contribution < -0.4 is 4.90 Å². The van der Waals surface area contributed by atoms with Gasteiger partial charge in [-0.3, -0.25) is 0 Å². The number of aryl methyl sites for hydroxylation is 2. The van der Waals surface area contributed by atoms with E-state index in [0.29, 0.717) is 0 Å². The molecule has 0 saturated heterocycles. The molecule has 1 heterocycles. The molecule has 0 amide bonds. The van der Waals surface area contributed by atoms with Crippen molar-refractivity contribution in [2.75, 3.05) is 4.90 Å². The van der Waals surface area contributed by atoms with Crippen molar-refractivity contribution in [2.24, 2.45) is 0 Å². The van der Waals surface area contributed by atoms with Crippen molar-refractivity contribution in [3.8, 4) is 50.2 Å². The summed E-state index contributed by atoms with van der Waals surface area (Å²) >= 11 is 0. The van der Waals surface area contributed by atoms with Crippen molar-refractivity contribution < 1.29 is 0 Å². The van der Waals surface area contributed by atoms with Crippen LogP contribution >= 0.6 is 0 Å². The molecule has 0 spiro atoms. The largest absolute Gasteiger partial charge is 0.310 e. The monoisotopic (exact) mass is 1200 g/mol. The SMILES string of the molecule is Cc1cc(-c2ccccc2)cc(C)c1-c1ccc(N(c2cc(-c3cc(C(C)(C)C)cc(C(C)(C)C)c3)cc(-c3cc(C(C)(C)C)cc(C(C)(C)C)c3)c2)c2ccc3ccc4c(-n5c6ccc(C(C)(C)C)cc6c6cc(C(C)(C)C)ccc65)ccc5ccc2c3c54)cc1. The normalized spacial score (nSPS) is 13.0. The fourth-order valence-corrected chi connectivity index (χ4v) is 14.2. The Bertz CT molecular complexity index is 4770. The molecule has 0 atom stereocenters. The lowest BCUT2D eigenvalue weighted by atomic mass is 9.78. The van der Waals surface area contributed by atoms with E-state index in [2.05, 4.69) is 354 Å². The molecule has 0 bridgehead atoms. The van der Waals surface area contributed by atoms with Crippen molar-refractivity contribution in [3.63, 3.8) is 0 Å². The average Bonchev–Trinajstić information content (AvgIpc) is 1.32. The second-order valence-electron chi connectivity index (χ2n) is 33.0. The Hall–Kier alpha value is -8.72. The summed E-state index contributed by atoms with van der Waals surface area (Å²) in [6.07, 6.45) is 0. The highest BCUT2D eigenvalue weighted by Crippen LogP contribution is 2.50. The van der Waals surface area contributed by atoms with E-state index in [9.17, 15) is 0 Å². The van der Waals surface area contributed by atoms with Gasteiger partial charge in [-0.1, -0.05) is 264 Å². The van der Waals surface area contributed by atoms with Crippen LogP contribution in [0.25, 0.3) is 104 Å². The highest BCUT2D eigenvalue weighted by Gasteiger charge is 2.28. The zero-order chi connectivity index (χ0) is 65.5. The van der Waals surface area contributed by atoms with Crippen molar-refractivity contribution in [1.82, 2.24) is 4.57 Å². The molecule has 1 aromatic heterocycles. The quantitative estimate of drug-likeness (QED) is 0.138. The maximum atomic E-state index is 2.57.